The molecule has 0 radical (unpaired) electrons. The summed E-state index contributed by atoms with van der Waals surface area (Å²) in [6.07, 6.45) is 10.0. The third-order valence-electron chi connectivity index (χ3n) is 5.83. The Labute approximate surface area is 171 Å². The van der Waals surface area contributed by atoms with Gasteiger partial charge in [0.15, 0.2) is 0 Å². The number of nitrogens with one attached hydrogen (secondary N) is 1. The monoisotopic (exact) mass is 390 g/mol. The third kappa shape index (κ3) is 3.93. The number of pyridine rings is 1. The van der Waals surface area contributed by atoms with Gasteiger partial charge >= 0.3 is 0 Å². The first-order valence-electron chi connectivity index (χ1n) is 9.98. The Hall–Kier alpha value is -2.33. The molecule has 4 rings (SSSR count). The van der Waals surface area contributed by atoms with Crippen LogP contribution >= 0.6 is 11.8 Å². The van der Waals surface area contributed by atoms with Crippen molar-refractivity contribution in [2.24, 2.45) is 5.41 Å². The maximum absolute atomic E-state index is 13.4. The summed E-state index contributed by atoms with van der Waals surface area (Å²) in [5.74, 6) is 0.137. The van der Waals surface area contributed by atoms with E-state index in [0.717, 1.165) is 53.6 Å². The molecule has 2 aromatic carbocycles. The number of carbonyl (C=O) groups is 1. The molecule has 28 heavy (non-hydrogen) atoms. The molecule has 4 heteroatoms. The van der Waals surface area contributed by atoms with Gasteiger partial charge in [-0.25, -0.2) is 0 Å². The van der Waals surface area contributed by atoms with Crippen LogP contribution in [0.3, 0.4) is 0 Å². The van der Waals surface area contributed by atoms with Crippen LogP contribution in [0.1, 0.15) is 37.7 Å². The molecule has 1 saturated carbocycles. The number of para-hydroxylation sites is 1. The van der Waals surface area contributed by atoms with Crippen molar-refractivity contribution in [1.82, 2.24) is 4.98 Å². The van der Waals surface area contributed by atoms with E-state index in [0.29, 0.717) is 0 Å². The van der Waals surface area contributed by atoms with Gasteiger partial charge in [-0.1, -0.05) is 61.7 Å². The molecule has 1 amide bonds. The lowest BCUT2D eigenvalue weighted by Gasteiger charge is -2.36. The van der Waals surface area contributed by atoms with E-state index in [9.17, 15) is 4.79 Å². The summed E-state index contributed by atoms with van der Waals surface area (Å²) in [5, 5.41) is 4.25. The summed E-state index contributed by atoms with van der Waals surface area (Å²) >= 11 is 1.69. The number of anilines is 1. The Morgan fingerprint density at radius 2 is 1.86 bits per heavy atom. The van der Waals surface area contributed by atoms with Gasteiger partial charge in [0.05, 0.1) is 22.8 Å². The van der Waals surface area contributed by atoms with Crippen LogP contribution in [0.25, 0.3) is 10.9 Å². The van der Waals surface area contributed by atoms with Gasteiger partial charge < -0.3 is 5.32 Å². The van der Waals surface area contributed by atoms with Gasteiger partial charge in [-0.3, -0.25) is 9.78 Å². The van der Waals surface area contributed by atoms with E-state index in [1.165, 1.54) is 12.0 Å². The minimum Gasteiger partial charge on any atom is -0.324 e. The van der Waals surface area contributed by atoms with E-state index >= 15 is 0 Å². The molecule has 1 heterocycles. The van der Waals surface area contributed by atoms with Crippen LogP contribution in [0, 0.1) is 5.41 Å². The fourth-order valence-corrected chi connectivity index (χ4v) is 4.91. The van der Waals surface area contributed by atoms with Gasteiger partial charge in [-0.2, -0.15) is 0 Å². The number of thioether (sulfide) groups is 1. The van der Waals surface area contributed by atoms with E-state index in [1.54, 1.807) is 18.0 Å². The number of amides is 1. The van der Waals surface area contributed by atoms with Gasteiger partial charge in [-0.05, 0) is 43.2 Å². The first kappa shape index (κ1) is 19.0. The number of fused-ring (bicyclic) bond motifs is 1. The van der Waals surface area contributed by atoms with Crippen LogP contribution in [0.15, 0.2) is 65.7 Å². The predicted molar refractivity (Wildman–Crippen MR) is 118 cm³/mol. The van der Waals surface area contributed by atoms with Crippen molar-refractivity contribution in [3.05, 3.63) is 66.4 Å². The van der Waals surface area contributed by atoms with Gasteiger partial charge in [0.2, 0.25) is 5.91 Å². The van der Waals surface area contributed by atoms with Crippen LogP contribution in [0.4, 0.5) is 5.69 Å². The molecule has 1 fully saturated rings. The average molecular weight is 391 g/mol. The first-order chi connectivity index (χ1) is 13.7. The zero-order valence-corrected chi connectivity index (χ0v) is 17.1. The Morgan fingerprint density at radius 3 is 2.61 bits per heavy atom. The maximum atomic E-state index is 13.4. The summed E-state index contributed by atoms with van der Waals surface area (Å²) in [6.45, 7) is 0. The largest absolute Gasteiger partial charge is 0.324 e. The highest BCUT2D eigenvalue weighted by atomic mass is 32.2. The molecule has 0 atom stereocenters. The highest BCUT2D eigenvalue weighted by Gasteiger charge is 2.39. The number of carbonyl (C=O) groups excluding carboxylic acids is 1. The van der Waals surface area contributed by atoms with Gasteiger partial charge in [0.25, 0.3) is 0 Å². The number of hydrogen-bond donors (Lipinski definition) is 1. The van der Waals surface area contributed by atoms with E-state index in [1.807, 2.05) is 18.2 Å². The normalized spacial score (nSPS) is 16.0. The third-order valence-corrected chi connectivity index (χ3v) is 6.60. The highest BCUT2D eigenvalue weighted by Crippen LogP contribution is 2.40. The zero-order chi connectivity index (χ0) is 19.4. The lowest BCUT2D eigenvalue weighted by Crippen LogP contribution is -2.40. The molecule has 144 valence electrons. The molecule has 1 aromatic heterocycles. The Kier molecular flexibility index (Phi) is 5.67. The average Bonchev–Trinajstić information content (AvgIpc) is 2.74. The molecule has 1 aliphatic rings. The summed E-state index contributed by atoms with van der Waals surface area (Å²) in [4.78, 5) is 19.2. The minimum atomic E-state index is -0.324. The SMILES string of the molecule is CSc1cccc2cc(NC(=O)C3(Cc4ccccc4)CCCCC3)cnc12. The van der Waals surface area contributed by atoms with Crippen molar-refractivity contribution >= 4 is 34.3 Å². The van der Waals surface area contributed by atoms with Gasteiger partial charge in [-0.15, -0.1) is 11.8 Å². The number of hydrogen-bond acceptors (Lipinski definition) is 3. The molecular weight excluding hydrogens is 364 g/mol. The fraction of sp³-hybridized carbons (Fsp3) is 0.333. The molecule has 1 aliphatic carbocycles. The fourth-order valence-electron chi connectivity index (χ4n) is 4.33. The Bertz CT molecular complexity index is 965. The summed E-state index contributed by atoms with van der Waals surface area (Å²) < 4.78 is 0. The van der Waals surface area contributed by atoms with Gasteiger partial charge in [0, 0.05) is 10.3 Å². The minimum absolute atomic E-state index is 0.137. The van der Waals surface area contributed by atoms with Crippen molar-refractivity contribution in [2.45, 2.75) is 43.4 Å². The maximum Gasteiger partial charge on any atom is 0.230 e. The number of nitrogens with zero attached hydrogens (tertiary/aromatic N) is 1. The van der Waals surface area contributed by atoms with Crippen LogP contribution in [-0.2, 0) is 11.2 Å². The number of aromatic nitrogens is 1. The Morgan fingerprint density at radius 1 is 1.07 bits per heavy atom. The quantitative estimate of drug-likeness (QED) is 0.536. The molecule has 3 aromatic rings. The van der Waals surface area contributed by atoms with Crippen molar-refractivity contribution in [1.29, 1.82) is 0 Å². The van der Waals surface area contributed by atoms with Crippen molar-refractivity contribution in [3.8, 4) is 0 Å². The summed E-state index contributed by atoms with van der Waals surface area (Å²) in [7, 11) is 0. The molecule has 1 N–H and O–H groups in total. The second-order valence-electron chi connectivity index (χ2n) is 7.71. The zero-order valence-electron chi connectivity index (χ0n) is 16.3. The molecule has 0 bridgehead atoms. The standard InChI is InChI=1S/C24H26N2OS/c1-28-21-12-8-11-19-15-20(17-25-22(19)21)26-23(27)24(13-6-3-7-14-24)16-18-9-4-2-5-10-18/h2,4-5,8-12,15,17H,3,6-7,13-14,16H2,1H3,(H,26,27). The molecule has 0 aliphatic heterocycles. The molecule has 0 saturated heterocycles. The van der Waals surface area contributed by atoms with Crippen LogP contribution < -0.4 is 5.32 Å². The molecule has 0 unspecified atom stereocenters. The van der Waals surface area contributed by atoms with Crippen molar-refractivity contribution in [3.63, 3.8) is 0 Å². The second kappa shape index (κ2) is 8.36. The van der Waals surface area contributed by atoms with E-state index in [2.05, 4.69) is 53.0 Å². The summed E-state index contributed by atoms with van der Waals surface area (Å²) in [6, 6.07) is 18.6. The van der Waals surface area contributed by atoms with Crippen molar-refractivity contribution < 1.29 is 4.79 Å². The smallest absolute Gasteiger partial charge is 0.230 e. The summed E-state index contributed by atoms with van der Waals surface area (Å²) in [5.41, 5.74) is 2.69. The molecule has 3 nitrogen and oxygen atoms in total. The van der Waals surface area contributed by atoms with Crippen LogP contribution in [0.2, 0.25) is 0 Å². The Balaban J connectivity index is 1.60. The van der Waals surface area contributed by atoms with E-state index in [4.69, 9.17) is 0 Å². The first-order valence-corrected chi connectivity index (χ1v) is 11.2. The molecule has 0 spiro atoms. The van der Waals surface area contributed by atoms with E-state index < -0.39 is 0 Å². The molecular formula is C24H26N2OS. The number of benzene rings is 2. The van der Waals surface area contributed by atoms with Gasteiger partial charge in [0.1, 0.15) is 0 Å². The van der Waals surface area contributed by atoms with Crippen LogP contribution in [-0.4, -0.2) is 17.1 Å². The highest BCUT2D eigenvalue weighted by molar-refractivity contribution is 7.98. The predicted octanol–water partition coefficient (Wildman–Crippen LogP) is 6.09. The second-order valence-corrected chi connectivity index (χ2v) is 8.56. The van der Waals surface area contributed by atoms with Crippen LogP contribution in [0.5, 0.6) is 0 Å². The lowest BCUT2D eigenvalue weighted by molar-refractivity contribution is -0.127. The lowest BCUT2D eigenvalue weighted by atomic mass is 9.69. The van der Waals surface area contributed by atoms with Crippen molar-refractivity contribution in [2.75, 3.05) is 11.6 Å². The number of rotatable bonds is 5. The topological polar surface area (TPSA) is 42.0 Å². The van der Waals surface area contributed by atoms with E-state index in [-0.39, 0.29) is 11.3 Å².